The highest BCUT2D eigenvalue weighted by Gasteiger charge is 2.08. The average molecular weight is 1460 g/mol. The molecule has 0 fully saturated rings. The summed E-state index contributed by atoms with van der Waals surface area (Å²) >= 11 is 0. The topological polar surface area (TPSA) is 0 Å². The summed E-state index contributed by atoms with van der Waals surface area (Å²) in [6.45, 7) is 34.3. The van der Waals surface area contributed by atoms with Crippen molar-refractivity contribution < 1.29 is 0 Å². The van der Waals surface area contributed by atoms with Gasteiger partial charge in [-0.25, -0.2) is 0 Å². The lowest BCUT2D eigenvalue weighted by Crippen LogP contribution is -1.86. The van der Waals surface area contributed by atoms with E-state index < -0.39 is 0 Å². The van der Waals surface area contributed by atoms with Gasteiger partial charge in [-0.1, -0.05) is 427 Å². The highest BCUT2D eigenvalue weighted by molar-refractivity contribution is 5.74. The Kier molecular flexibility index (Phi) is 32.1. The summed E-state index contributed by atoms with van der Waals surface area (Å²) in [5, 5.41) is 0. The maximum Gasteiger partial charge on any atom is -0.0125 e. The summed E-state index contributed by atoms with van der Waals surface area (Å²) in [4.78, 5) is 0. The molecule has 0 aliphatic carbocycles. The van der Waals surface area contributed by atoms with Gasteiger partial charge >= 0.3 is 0 Å². The lowest BCUT2D eigenvalue weighted by atomic mass is 9.96. The van der Waals surface area contributed by atoms with Crippen LogP contribution in [0.1, 0.15) is 89.0 Å². The molecule has 0 aliphatic heterocycles. The molecule has 112 heavy (non-hydrogen) atoms. The zero-order chi connectivity index (χ0) is 79.7. The third-order valence-corrected chi connectivity index (χ3v) is 19.9. The standard InChI is InChI=1S/8C14H14/c1-11-5-3-7-13(9-11)14-8-4-6-12(2)10-14;1-11-7-3-5-9-13(11)14-10-6-4-8-12(14)2;2*1-11-6-5-8-13(10-11)14-9-4-3-7-12(14)2;1-11-7-6-8-12(2)14(11)13-9-4-3-5-10-13;1-11-8-12(2)10-14(9-11)13-6-4-3-5-7-13;1-11-8-9-14(10-12(11)2)13-6-4-3-5-7-13;1-11-8-9-14(12(2)10-11)13-6-4-3-5-7-13/h8*3-10H,1-2H3. The van der Waals surface area contributed by atoms with Gasteiger partial charge in [-0.2, -0.15) is 0 Å². The van der Waals surface area contributed by atoms with Gasteiger partial charge in [0.25, 0.3) is 0 Å². The van der Waals surface area contributed by atoms with Gasteiger partial charge in [-0.3, -0.25) is 0 Å². The van der Waals surface area contributed by atoms with Crippen LogP contribution in [0.4, 0.5) is 0 Å². The zero-order valence-electron chi connectivity index (χ0n) is 69.0. The summed E-state index contributed by atoms with van der Waals surface area (Å²) in [6, 6.07) is 137. The molecule has 0 saturated heterocycles. The minimum atomic E-state index is 1.29. The van der Waals surface area contributed by atoms with Gasteiger partial charge < -0.3 is 0 Å². The molecule has 0 amide bonds. The van der Waals surface area contributed by atoms with Crippen LogP contribution in [0.25, 0.3) is 89.0 Å². The van der Waals surface area contributed by atoms with E-state index >= 15 is 0 Å². The molecular weight excluding hydrogens is 1350 g/mol. The van der Waals surface area contributed by atoms with Gasteiger partial charge in [-0.05, 0) is 250 Å². The molecule has 16 rings (SSSR count). The second kappa shape index (κ2) is 43.1. The molecule has 0 spiro atoms. The van der Waals surface area contributed by atoms with Crippen molar-refractivity contribution >= 4 is 0 Å². The van der Waals surface area contributed by atoms with E-state index in [4.69, 9.17) is 0 Å². The molecule has 16 aromatic carbocycles. The van der Waals surface area contributed by atoms with Crippen LogP contribution in [0.3, 0.4) is 0 Å². The van der Waals surface area contributed by atoms with Crippen LogP contribution in [-0.4, -0.2) is 0 Å². The summed E-state index contributed by atoms with van der Waals surface area (Å²) in [7, 11) is 0. The van der Waals surface area contributed by atoms with Crippen molar-refractivity contribution in [1.29, 1.82) is 0 Å². The van der Waals surface area contributed by atoms with Crippen LogP contribution in [0, 0.1) is 111 Å². The average Bonchev–Trinajstić information content (AvgIpc) is 0.834. The SMILES string of the molecule is Cc1cc(C)cc(-c2ccccc2)c1.Cc1ccc(-c2ccccc2)c(C)c1.Cc1ccc(-c2ccccc2)cc1C.Cc1cccc(-c2cccc(C)c2)c1.Cc1cccc(-c2ccccc2C)c1.Cc1cccc(-c2ccccc2C)c1.Cc1cccc(C)c1-c1ccccc1.Cc1ccccc1-c1ccccc1C. The van der Waals surface area contributed by atoms with Crippen LogP contribution in [0.5, 0.6) is 0 Å². The summed E-state index contributed by atoms with van der Waals surface area (Å²) in [5.74, 6) is 0. The molecule has 0 N–H and O–H groups in total. The fourth-order valence-corrected chi connectivity index (χ4v) is 13.8. The van der Waals surface area contributed by atoms with Crippen LogP contribution in [0.2, 0.25) is 0 Å². The Morgan fingerprint density at radius 3 is 0.759 bits per heavy atom. The van der Waals surface area contributed by atoms with E-state index in [-0.39, 0.29) is 0 Å². The summed E-state index contributed by atoms with van der Waals surface area (Å²) in [6.07, 6.45) is 0. The highest BCUT2D eigenvalue weighted by atomic mass is 14.1. The minimum absolute atomic E-state index is 1.29. The first-order valence-corrected chi connectivity index (χ1v) is 39.2. The quantitative estimate of drug-likeness (QED) is 0.142. The maximum absolute atomic E-state index is 2.24. The zero-order valence-corrected chi connectivity index (χ0v) is 69.0. The summed E-state index contributed by atoms with van der Waals surface area (Å²) in [5.41, 5.74) is 42.3. The van der Waals surface area contributed by atoms with Crippen molar-refractivity contribution in [3.05, 3.63) is 477 Å². The van der Waals surface area contributed by atoms with E-state index in [2.05, 4.69) is 481 Å². The van der Waals surface area contributed by atoms with Crippen LogP contribution >= 0.6 is 0 Å². The third-order valence-electron chi connectivity index (χ3n) is 19.9. The molecule has 0 saturated carbocycles. The largest absolute Gasteiger partial charge is 0.0622 e. The molecular formula is C112H112. The van der Waals surface area contributed by atoms with Crippen molar-refractivity contribution in [3.63, 3.8) is 0 Å². The van der Waals surface area contributed by atoms with Crippen LogP contribution < -0.4 is 0 Å². The Morgan fingerprint density at radius 2 is 0.384 bits per heavy atom. The molecule has 0 nitrogen and oxygen atoms in total. The molecule has 0 radical (unpaired) electrons. The molecule has 560 valence electrons. The Hall–Kier alpha value is -12.5. The van der Waals surface area contributed by atoms with Crippen LogP contribution in [0.15, 0.2) is 388 Å². The Balaban J connectivity index is 0.000000147. The predicted octanol–water partition coefficient (Wildman–Crippen LogP) is 31.8. The second-order valence-corrected chi connectivity index (χ2v) is 29.5. The van der Waals surface area contributed by atoms with Crippen molar-refractivity contribution in [2.75, 3.05) is 0 Å². The van der Waals surface area contributed by atoms with E-state index in [1.807, 2.05) is 18.2 Å². The molecule has 0 aromatic heterocycles. The number of hydrogen-bond donors (Lipinski definition) is 0. The van der Waals surface area contributed by atoms with Gasteiger partial charge in [0.2, 0.25) is 0 Å². The number of rotatable bonds is 8. The van der Waals surface area contributed by atoms with E-state index in [1.165, 1.54) is 178 Å². The van der Waals surface area contributed by atoms with Gasteiger partial charge in [0, 0.05) is 0 Å². The monoisotopic (exact) mass is 1460 g/mol. The molecule has 0 heterocycles. The van der Waals surface area contributed by atoms with Gasteiger partial charge in [0.05, 0.1) is 0 Å². The fourth-order valence-electron chi connectivity index (χ4n) is 13.8. The molecule has 0 bridgehead atoms. The minimum Gasteiger partial charge on any atom is -0.0622 e. The first-order valence-electron chi connectivity index (χ1n) is 39.2. The van der Waals surface area contributed by atoms with Crippen molar-refractivity contribution in [1.82, 2.24) is 0 Å². The first kappa shape index (κ1) is 83.6. The van der Waals surface area contributed by atoms with E-state index in [9.17, 15) is 0 Å². The number of aryl methyl sites for hydroxylation is 16. The molecule has 0 aliphatic rings. The third kappa shape index (κ3) is 25.8. The highest BCUT2D eigenvalue weighted by Crippen LogP contribution is 2.31. The Morgan fingerprint density at radius 1 is 0.107 bits per heavy atom. The normalized spacial score (nSPS) is 10.1. The Labute approximate surface area is 672 Å². The predicted molar refractivity (Wildman–Crippen MR) is 491 cm³/mol. The smallest absolute Gasteiger partial charge is 0.0125 e. The van der Waals surface area contributed by atoms with Crippen molar-refractivity contribution in [2.45, 2.75) is 111 Å². The number of benzene rings is 16. The Bertz CT molecular complexity index is 5350. The lowest BCUT2D eigenvalue weighted by molar-refractivity contribution is 1.34. The van der Waals surface area contributed by atoms with Gasteiger partial charge in [0.15, 0.2) is 0 Å². The number of hydrogen-bond acceptors (Lipinski definition) is 0. The van der Waals surface area contributed by atoms with E-state index in [0.29, 0.717) is 0 Å². The van der Waals surface area contributed by atoms with Gasteiger partial charge in [0.1, 0.15) is 0 Å². The van der Waals surface area contributed by atoms with E-state index in [0.717, 1.165) is 0 Å². The van der Waals surface area contributed by atoms with Crippen LogP contribution in [-0.2, 0) is 0 Å². The second-order valence-electron chi connectivity index (χ2n) is 29.5. The molecule has 16 aromatic rings. The summed E-state index contributed by atoms with van der Waals surface area (Å²) < 4.78 is 0. The maximum atomic E-state index is 2.24. The molecule has 0 unspecified atom stereocenters. The fraction of sp³-hybridized carbons (Fsp3) is 0.143. The lowest BCUT2D eigenvalue weighted by Gasteiger charge is -2.09. The van der Waals surface area contributed by atoms with Gasteiger partial charge in [-0.15, -0.1) is 0 Å². The van der Waals surface area contributed by atoms with Crippen molar-refractivity contribution in [2.24, 2.45) is 0 Å². The molecule has 0 atom stereocenters. The first-order chi connectivity index (χ1) is 54.2. The van der Waals surface area contributed by atoms with Crippen molar-refractivity contribution in [3.8, 4) is 89.0 Å². The van der Waals surface area contributed by atoms with E-state index in [1.54, 1.807) is 0 Å². The molecule has 0 heteroatoms.